The highest BCUT2D eigenvalue weighted by Crippen LogP contribution is 2.21. The van der Waals surface area contributed by atoms with Crippen molar-refractivity contribution in [3.8, 4) is 5.75 Å². The fourth-order valence-electron chi connectivity index (χ4n) is 4.80. The summed E-state index contributed by atoms with van der Waals surface area (Å²) in [6.07, 6.45) is 2.36. The maximum atomic E-state index is 12.6. The predicted octanol–water partition coefficient (Wildman–Crippen LogP) is 3.53. The molecule has 4 rings (SSSR count). The van der Waals surface area contributed by atoms with Crippen molar-refractivity contribution in [3.63, 3.8) is 0 Å². The van der Waals surface area contributed by atoms with E-state index in [1.807, 2.05) is 17.0 Å². The van der Waals surface area contributed by atoms with Crippen molar-refractivity contribution >= 4 is 29.1 Å². The Balaban J connectivity index is 1.10. The van der Waals surface area contributed by atoms with Gasteiger partial charge < -0.3 is 19.9 Å². The van der Waals surface area contributed by atoms with Gasteiger partial charge in [0.2, 0.25) is 5.91 Å². The number of likely N-dealkylation sites (tertiary alicyclic amines) is 1. The van der Waals surface area contributed by atoms with Gasteiger partial charge in [-0.3, -0.25) is 14.5 Å². The van der Waals surface area contributed by atoms with Gasteiger partial charge in [0.25, 0.3) is 5.91 Å². The lowest BCUT2D eigenvalue weighted by atomic mass is 9.95. The Morgan fingerprint density at radius 2 is 1.60 bits per heavy atom. The number of methoxy groups -OCH3 is 1. The summed E-state index contributed by atoms with van der Waals surface area (Å²) < 4.78 is 5.24. The highest BCUT2D eigenvalue weighted by molar-refractivity contribution is 6.30. The minimum Gasteiger partial charge on any atom is -0.497 e. The summed E-state index contributed by atoms with van der Waals surface area (Å²) in [5.74, 6) is 0.990. The van der Waals surface area contributed by atoms with Crippen molar-refractivity contribution in [2.24, 2.45) is 5.92 Å². The molecule has 2 aromatic rings. The molecule has 0 aromatic heterocycles. The molecule has 1 N–H and O–H groups in total. The Bertz CT molecular complexity index is 967. The van der Waals surface area contributed by atoms with E-state index in [0.717, 1.165) is 44.9 Å². The van der Waals surface area contributed by atoms with Gasteiger partial charge in [0.1, 0.15) is 5.75 Å². The van der Waals surface area contributed by atoms with E-state index in [1.165, 1.54) is 5.69 Å². The van der Waals surface area contributed by atoms with Crippen LogP contribution in [0.1, 0.15) is 29.6 Å². The number of amides is 2. The maximum Gasteiger partial charge on any atom is 0.253 e. The first-order valence-electron chi connectivity index (χ1n) is 12.5. The number of nitrogens with one attached hydrogen (secondary N) is 1. The first-order valence-corrected chi connectivity index (χ1v) is 12.8. The van der Waals surface area contributed by atoms with E-state index >= 15 is 0 Å². The number of piperidine rings is 1. The highest BCUT2D eigenvalue weighted by atomic mass is 35.5. The molecule has 0 saturated carbocycles. The van der Waals surface area contributed by atoms with Gasteiger partial charge in [-0.2, -0.15) is 0 Å². The third-order valence-corrected chi connectivity index (χ3v) is 7.26. The molecule has 2 amide bonds. The maximum absolute atomic E-state index is 12.6. The molecular formula is C27H35ClN4O3. The van der Waals surface area contributed by atoms with Crippen LogP contribution in [0, 0.1) is 5.92 Å². The van der Waals surface area contributed by atoms with Crippen LogP contribution < -0.4 is 15.0 Å². The van der Waals surface area contributed by atoms with Gasteiger partial charge in [0, 0.05) is 68.0 Å². The number of anilines is 1. The molecule has 0 unspecified atom stereocenters. The number of ether oxygens (including phenoxy) is 1. The number of carbonyl (C=O) groups excluding carboxylic acids is 2. The lowest BCUT2D eigenvalue weighted by molar-refractivity contribution is -0.126. The molecule has 0 spiro atoms. The minimum absolute atomic E-state index is 0.00705. The molecular weight excluding hydrogens is 464 g/mol. The predicted molar refractivity (Wildman–Crippen MR) is 139 cm³/mol. The third kappa shape index (κ3) is 6.89. The van der Waals surface area contributed by atoms with E-state index in [1.54, 1.807) is 31.4 Å². The highest BCUT2D eigenvalue weighted by Gasteiger charge is 2.27. The van der Waals surface area contributed by atoms with Gasteiger partial charge >= 0.3 is 0 Å². The van der Waals surface area contributed by atoms with E-state index in [9.17, 15) is 9.59 Å². The number of nitrogens with zero attached hydrogens (tertiary/aromatic N) is 3. The smallest absolute Gasteiger partial charge is 0.253 e. The first kappa shape index (κ1) is 25.3. The summed E-state index contributed by atoms with van der Waals surface area (Å²) in [5.41, 5.74) is 1.88. The third-order valence-electron chi connectivity index (χ3n) is 7.00. The largest absolute Gasteiger partial charge is 0.497 e. The molecule has 0 aliphatic carbocycles. The fraction of sp³-hybridized carbons (Fsp3) is 0.481. The average molecular weight is 499 g/mol. The molecule has 188 valence electrons. The zero-order chi connectivity index (χ0) is 24.6. The van der Waals surface area contributed by atoms with Crippen molar-refractivity contribution in [1.29, 1.82) is 0 Å². The van der Waals surface area contributed by atoms with Gasteiger partial charge in [-0.15, -0.1) is 0 Å². The summed E-state index contributed by atoms with van der Waals surface area (Å²) >= 11 is 5.91. The molecule has 2 heterocycles. The van der Waals surface area contributed by atoms with Crippen molar-refractivity contribution in [1.82, 2.24) is 15.1 Å². The van der Waals surface area contributed by atoms with Gasteiger partial charge in [0.05, 0.1) is 7.11 Å². The molecule has 35 heavy (non-hydrogen) atoms. The van der Waals surface area contributed by atoms with E-state index < -0.39 is 0 Å². The lowest BCUT2D eigenvalue weighted by Crippen LogP contribution is -2.47. The molecule has 2 aromatic carbocycles. The second-order valence-corrected chi connectivity index (χ2v) is 9.68. The number of rotatable bonds is 8. The number of halogens is 1. The molecule has 7 nitrogen and oxygen atoms in total. The van der Waals surface area contributed by atoms with E-state index in [0.29, 0.717) is 43.1 Å². The summed E-state index contributed by atoms with van der Waals surface area (Å²) in [4.78, 5) is 32.0. The summed E-state index contributed by atoms with van der Waals surface area (Å²) in [5, 5.41) is 3.73. The number of piperazine rings is 1. The van der Waals surface area contributed by atoms with Crippen LogP contribution in [0.15, 0.2) is 48.5 Å². The second-order valence-electron chi connectivity index (χ2n) is 9.24. The quantitative estimate of drug-likeness (QED) is 0.564. The Morgan fingerprint density at radius 1 is 0.943 bits per heavy atom. The van der Waals surface area contributed by atoms with Crippen LogP contribution >= 0.6 is 11.6 Å². The zero-order valence-corrected chi connectivity index (χ0v) is 21.2. The molecule has 2 aliphatic heterocycles. The van der Waals surface area contributed by atoms with Crippen molar-refractivity contribution in [2.45, 2.75) is 19.3 Å². The average Bonchev–Trinajstić information content (AvgIpc) is 2.91. The van der Waals surface area contributed by atoms with Crippen LogP contribution in [-0.2, 0) is 4.79 Å². The van der Waals surface area contributed by atoms with Crippen LogP contribution in [0.25, 0.3) is 0 Å². The van der Waals surface area contributed by atoms with Gasteiger partial charge in [-0.1, -0.05) is 11.6 Å². The van der Waals surface area contributed by atoms with Crippen molar-refractivity contribution < 1.29 is 14.3 Å². The van der Waals surface area contributed by atoms with Crippen LogP contribution in [0.3, 0.4) is 0 Å². The Labute approximate surface area is 213 Å². The lowest BCUT2D eigenvalue weighted by Gasteiger charge is -2.36. The standard InChI is InChI=1S/C27H35ClN4O3/c1-35-25-9-7-24(8-10-25)31-19-17-30(18-20-31)14-2-13-29-26(33)21-11-15-32(16-12-21)27(34)22-3-5-23(28)6-4-22/h3-10,21H,2,11-20H2,1H3,(H,29,33). The zero-order valence-electron chi connectivity index (χ0n) is 20.4. The monoisotopic (exact) mass is 498 g/mol. The van der Waals surface area contributed by atoms with Crippen molar-refractivity contribution in [3.05, 3.63) is 59.1 Å². The molecule has 2 fully saturated rings. The fourth-order valence-corrected chi connectivity index (χ4v) is 4.93. The minimum atomic E-state index is -0.0164. The number of hydrogen-bond acceptors (Lipinski definition) is 5. The van der Waals surface area contributed by atoms with Crippen LogP contribution in [0.2, 0.25) is 5.02 Å². The second kappa shape index (κ2) is 12.3. The van der Waals surface area contributed by atoms with Crippen molar-refractivity contribution in [2.75, 3.05) is 64.4 Å². The van der Waals surface area contributed by atoms with Crippen LogP contribution in [0.5, 0.6) is 5.75 Å². The van der Waals surface area contributed by atoms with Gasteiger partial charge in [0.15, 0.2) is 0 Å². The number of benzene rings is 2. The molecule has 8 heteroatoms. The summed E-state index contributed by atoms with van der Waals surface area (Å²) in [6.45, 7) is 6.97. The van der Waals surface area contributed by atoms with Crippen LogP contribution in [0.4, 0.5) is 5.69 Å². The molecule has 2 saturated heterocycles. The Hall–Kier alpha value is -2.77. The topological polar surface area (TPSA) is 65.1 Å². The summed E-state index contributed by atoms with van der Waals surface area (Å²) in [7, 11) is 1.69. The molecule has 0 atom stereocenters. The van der Waals surface area contributed by atoms with E-state index in [4.69, 9.17) is 16.3 Å². The van der Waals surface area contributed by atoms with E-state index in [-0.39, 0.29) is 17.7 Å². The Kier molecular flexibility index (Phi) is 8.88. The first-order chi connectivity index (χ1) is 17.0. The summed E-state index contributed by atoms with van der Waals surface area (Å²) in [6, 6.07) is 15.2. The van der Waals surface area contributed by atoms with Gasteiger partial charge in [-0.05, 0) is 74.3 Å². The molecule has 0 radical (unpaired) electrons. The van der Waals surface area contributed by atoms with Crippen LogP contribution in [-0.4, -0.2) is 81.1 Å². The Morgan fingerprint density at radius 3 is 2.23 bits per heavy atom. The van der Waals surface area contributed by atoms with E-state index in [2.05, 4.69) is 27.2 Å². The molecule has 0 bridgehead atoms. The molecule has 2 aliphatic rings. The SMILES string of the molecule is COc1ccc(N2CCN(CCCNC(=O)C3CCN(C(=O)c4ccc(Cl)cc4)CC3)CC2)cc1. The number of carbonyl (C=O) groups is 2. The number of hydrogen-bond donors (Lipinski definition) is 1. The van der Waals surface area contributed by atoms with Gasteiger partial charge in [-0.25, -0.2) is 0 Å². The normalized spacial score (nSPS) is 17.3.